The van der Waals surface area contributed by atoms with Crippen molar-refractivity contribution in [2.45, 2.75) is 19.5 Å². The monoisotopic (exact) mass is 298 g/mol. The van der Waals surface area contributed by atoms with Gasteiger partial charge in [0.25, 0.3) is 0 Å². The van der Waals surface area contributed by atoms with Crippen LogP contribution >= 0.6 is 15.9 Å². The Bertz CT molecular complexity index is 629. The minimum atomic E-state index is -0.0612. The van der Waals surface area contributed by atoms with Crippen molar-refractivity contribution in [3.8, 4) is 0 Å². The second-order valence-electron chi connectivity index (χ2n) is 3.93. The summed E-state index contributed by atoms with van der Waals surface area (Å²) in [5.41, 5.74) is 1.20. The SMILES string of the molecule is CCn1c(=O)n(C2COC2)c2nc(Br)cnc21. The zero-order valence-corrected chi connectivity index (χ0v) is 10.8. The summed E-state index contributed by atoms with van der Waals surface area (Å²) in [6, 6.07) is 0.0846. The lowest BCUT2D eigenvalue weighted by Gasteiger charge is -2.26. The lowest BCUT2D eigenvalue weighted by Crippen LogP contribution is -2.38. The molecule has 3 rings (SSSR count). The highest BCUT2D eigenvalue weighted by atomic mass is 79.9. The van der Waals surface area contributed by atoms with Crippen molar-refractivity contribution in [2.75, 3.05) is 13.2 Å². The smallest absolute Gasteiger partial charge is 0.331 e. The minimum Gasteiger partial charge on any atom is -0.377 e. The zero-order chi connectivity index (χ0) is 12.0. The van der Waals surface area contributed by atoms with E-state index in [2.05, 4.69) is 25.9 Å². The molecule has 0 spiro atoms. The molecule has 0 radical (unpaired) electrons. The number of hydrogen-bond acceptors (Lipinski definition) is 4. The summed E-state index contributed by atoms with van der Waals surface area (Å²) in [6.45, 7) is 3.65. The lowest BCUT2D eigenvalue weighted by molar-refractivity contribution is -0.0234. The Morgan fingerprint density at radius 2 is 2.29 bits per heavy atom. The highest BCUT2D eigenvalue weighted by molar-refractivity contribution is 9.10. The molecule has 1 fully saturated rings. The highest BCUT2D eigenvalue weighted by Crippen LogP contribution is 2.21. The van der Waals surface area contributed by atoms with Crippen LogP contribution in [0.2, 0.25) is 0 Å². The standard InChI is InChI=1S/C10H11BrN4O2/c1-2-14-8-9(13-7(11)3-12-8)15(10(14)16)6-4-17-5-6/h3,6H,2,4-5H2,1H3. The van der Waals surface area contributed by atoms with Gasteiger partial charge in [-0.1, -0.05) is 0 Å². The molecule has 0 aromatic carbocycles. The van der Waals surface area contributed by atoms with Gasteiger partial charge in [-0.3, -0.25) is 9.13 Å². The third-order valence-electron chi connectivity index (χ3n) is 2.93. The van der Waals surface area contributed by atoms with Crippen LogP contribution < -0.4 is 5.69 Å². The molecular formula is C10H11BrN4O2. The normalized spacial score (nSPS) is 16.4. The van der Waals surface area contributed by atoms with Gasteiger partial charge in [-0.15, -0.1) is 0 Å². The van der Waals surface area contributed by atoms with Gasteiger partial charge >= 0.3 is 5.69 Å². The van der Waals surface area contributed by atoms with Crippen molar-refractivity contribution in [3.63, 3.8) is 0 Å². The molecule has 0 atom stereocenters. The Labute approximate surface area is 105 Å². The summed E-state index contributed by atoms with van der Waals surface area (Å²) in [7, 11) is 0. The van der Waals surface area contributed by atoms with Crippen LogP contribution in [0.1, 0.15) is 13.0 Å². The van der Waals surface area contributed by atoms with E-state index in [0.29, 0.717) is 35.7 Å². The minimum absolute atomic E-state index is 0.0612. The molecule has 17 heavy (non-hydrogen) atoms. The fourth-order valence-electron chi connectivity index (χ4n) is 2.00. The molecule has 3 heterocycles. The van der Waals surface area contributed by atoms with Gasteiger partial charge in [-0.25, -0.2) is 14.8 Å². The van der Waals surface area contributed by atoms with Crippen molar-refractivity contribution in [1.29, 1.82) is 0 Å². The van der Waals surface area contributed by atoms with Crippen LogP contribution in [-0.4, -0.2) is 32.3 Å². The summed E-state index contributed by atoms with van der Waals surface area (Å²) >= 11 is 3.28. The number of aryl methyl sites for hydroxylation is 1. The zero-order valence-electron chi connectivity index (χ0n) is 9.26. The van der Waals surface area contributed by atoms with E-state index in [1.807, 2.05) is 6.92 Å². The Kier molecular flexibility index (Phi) is 2.52. The molecule has 0 bridgehead atoms. The summed E-state index contributed by atoms with van der Waals surface area (Å²) in [6.07, 6.45) is 1.61. The second kappa shape index (κ2) is 3.92. The topological polar surface area (TPSA) is 61.9 Å². The maximum Gasteiger partial charge on any atom is 0.331 e. The number of rotatable bonds is 2. The third kappa shape index (κ3) is 1.53. The lowest BCUT2D eigenvalue weighted by atomic mass is 10.2. The Morgan fingerprint density at radius 1 is 1.53 bits per heavy atom. The van der Waals surface area contributed by atoms with Crippen LogP contribution in [0.5, 0.6) is 0 Å². The van der Waals surface area contributed by atoms with E-state index in [4.69, 9.17) is 4.74 Å². The summed E-state index contributed by atoms with van der Waals surface area (Å²) in [5.74, 6) is 0. The van der Waals surface area contributed by atoms with Crippen LogP contribution in [0.3, 0.4) is 0 Å². The quantitative estimate of drug-likeness (QED) is 0.828. The first-order valence-electron chi connectivity index (χ1n) is 5.43. The number of nitrogens with zero attached hydrogens (tertiary/aromatic N) is 4. The molecule has 0 unspecified atom stereocenters. The van der Waals surface area contributed by atoms with E-state index in [9.17, 15) is 4.79 Å². The average molecular weight is 299 g/mol. The van der Waals surface area contributed by atoms with E-state index in [0.717, 1.165) is 0 Å². The van der Waals surface area contributed by atoms with Gasteiger partial charge in [-0.05, 0) is 22.9 Å². The van der Waals surface area contributed by atoms with E-state index < -0.39 is 0 Å². The predicted octanol–water partition coefficient (Wildman–Crippen LogP) is 0.947. The molecule has 1 aliphatic heterocycles. The molecule has 0 saturated carbocycles. The van der Waals surface area contributed by atoms with Crippen molar-refractivity contribution in [2.24, 2.45) is 0 Å². The van der Waals surface area contributed by atoms with E-state index in [1.54, 1.807) is 15.3 Å². The molecule has 1 saturated heterocycles. The number of fused-ring (bicyclic) bond motifs is 1. The second-order valence-corrected chi connectivity index (χ2v) is 4.74. The number of imidazole rings is 1. The van der Waals surface area contributed by atoms with E-state index >= 15 is 0 Å². The first-order chi connectivity index (χ1) is 8.22. The van der Waals surface area contributed by atoms with Gasteiger partial charge < -0.3 is 4.74 Å². The molecule has 2 aromatic rings. The van der Waals surface area contributed by atoms with Crippen LogP contribution in [0.25, 0.3) is 11.3 Å². The number of hydrogen-bond donors (Lipinski definition) is 0. The van der Waals surface area contributed by atoms with Crippen LogP contribution in [-0.2, 0) is 11.3 Å². The van der Waals surface area contributed by atoms with Crippen molar-refractivity contribution < 1.29 is 4.74 Å². The van der Waals surface area contributed by atoms with Crippen LogP contribution in [0, 0.1) is 0 Å². The largest absolute Gasteiger partial charge is 0.377 e. The van der Waals surface area contributed by atoms with Gasteiger partial charge in [0.1, 0.15) is 4.60 Å². The molecule has 2 aromatic heterocycles. The summed E-state index contributed by atoms with van der Waals surface area (Å²) < 4.78 is 9.08. The fraction of sp³-hybridized carbons (Fsp3) is 0.500. The third-order valence-corrected chi connectivity index (χ3v) is 3.31. The maximum absolute atomic E-state index is 12.2. The fourth-order valence-corrected chi connectivity index (χ4v) is 2.27. The molecular weight excluding hydrogens is 288 g/mol. The maximum atomic E-state index is 12.2. The summed E-state index contributed by atoms with van der Waals surface area (Å²) in [5, 5.41) is 0. The van der Waals surface area contributed by atoms with Crippen molar-refractivity contribution >= 4 is 27.2 Å². The Morgan fingerprint density at radius 3 is 2.88 bits per heavy atom. The van der Waals surface area contributed by atoms with Gasteiger partial charge in [0, 0.05) is 6.54 Å². The molecule has 0 aliphatic carbocycles. The van der Waals surface area contributed by atoms with Crippen molar-refractivity contribution in [1.82, 2.24) is 19.1 Å². The average Bonchev–Trinajstić information content (AvgIpc) is 2.50. The highest BCUT2D eigenvalue weighted by Gasteiger charge is 2.27. The van der Waals surface area contributed by atoms with Crippen molar-refractivity contribution in [3.05, 3.63) is 21.3 Å². The predicted molar refractivity (Wildman–Crippen MR) is 65.0 cm³/mol. The molecule has 0 amide bonds. The first kappa shape index (κ1) is 10.9. The first-order valence-corrected chi connectivity index (χ1v) is 6.22. The van der Waals surface area contributed by atoms with Gasteiger partial charge in [0.2, 0.25) is 0 Å². The molecule has 90 valence electrons. The van der Waals surface area contributed by atoms with Gasteiger partial charge in [0.15, 0.2) is 11.3 Å². The van der Waals surface area contributed by atoms with Gasteiger partial charge in [0.05, 0.1) is 25.5 Å². The number of ether oxygens (including phenoxy) is 1. The van der Waals surface area contributed by atoms with Gasteiger partial charge in [-0.2, -0.15) is 0 Å². The molecule has 6 nitrogen and oxygen atoms in total. The molecule has 0 N–H and O–H groups in total. The number of halogens is 1. The summed E-state index contributed by atoms with van der Waals surface area (Å²) in [4.78, 5) is 20.9. The Hall–Kier alpha value is -1.21. The Balaban J connectivity index is 2.34. The molecule has 7 heteroatoms. The van der Waals surface area contributed by atoms with Crippen LogP contribution in [0.15, 0.2) is 15.6 Å². The van der Waals surface area contributed by atoms with E-state index in [1.165, 1.54) is 0 Å². The van der Waals surface area contributed by atoms with Crippen LogP contribution in [0.4, 0.5) is 0 Å². The van der Waals surface area contributed by atoms with E-state index in [-0.39, 0.29) is 11.7 Å². The number of aromatic nitrogens is 4. The molecule has 1 aliphatic rings.